The van der Waals surface area contributed by atoms with Crippen LogP contribution in [0.1, 0.15) is 5.56 Å². The quantitative estimate of drug-likeness (QED) is 0.564. The lowest BCUT2D eigenvalue weighted by molar-refractivity contribution is 1.47. The van der Waals surface area contributed by atoms with Gasteiger partial charge in [-0.05, 0) is 33.7 Å². The minimum Gasteiger partial charge on any atom is -0.0911 e. The monoisotopic (exact) mass is 168 g/mol. The summed E-state index contributed by atoms with van der Waals surface area (Å²) < 4.78 is 0. The Morgan fingerprint density at radius 1 is 1.00 bits per heavy atom. The molecule has 0 spiro atoms. The Bertz CT molecular complexity index is 550. The first-order valence-corrected chi connectivity index (χ1v) is 4.36. The highest BCUT2D eigenvalue weighted by Crippen LogP contribution is 2.11. The molecule has 2 aromatic carbocycles. The van der Waals surface area contributed by atoms with Gasteiger partial charge in [-0.2, -0.15) is 0 Å². The molecule has 0 aromatic heterocycles. The van der Waals surface area contributed by atoms with Crippen molar-refractivity contribution in [3.63, 3.8) is 0 Å². The molecule has 0 N–H and O–H groups in total. The fourth-order valence-corrected chi connectivity index (χ4v) is 1.69. The van der Waals surface area contributed by atoms with Crippen molar-refractivity contribution in [2.24, 2.45) is 0 Å². The maximum Gasteiger partial charge on any atom is -0.0109 e. The average Bonchev–Trinajstić information content (AvgIpc) is 2.15. The minimum absolute atomic E-state index is 1.02. The van der Waals surface area contributed by atoms with Crippen molar-refractivity contribution < 1.29 is 0 Å². The third-order valence-electron chi connectivity index (χ3n) is 2.46. The summed E-state index contributed by atoms with van der Waals surface area (Å²) in [6, 6.07) is 10.4. The van der Waals surface area contributed by atoms with Gasteiger partial charge in [0.15, 0.2) is 0 Å². The van der Waals surface area contributed by atoms with E-state index in [4.69, 9.17) is 0 Å². The minimum atomic E-state index is 1.02. The van der Waals surface area contributed by atoms with Crippen LogP contribution in [0.2, 0.25) is 0 Å². The Balaban J connectivity index is 3.15. The third kappa shape index (κ3) is 1.15. The second-order valence-corrected chi connectivity index (χ2v) is 3.38. The summed E-state index contributed by atoms with van der Waals surface area (Å²) in [5, 5.41) is 4.56. The Morgan fingerprint density at radius 3 is 2.31 bits per heavy atom. The largest absolute Gasteiger partial charge is 0.0911 e. The van der Waals surface area contributed by atoms with Crippen molar-refractivity contribution in [1.29, 1.82) is 0 Å². The smallest absolute Gasteiger partial charge is 0.0109 e. The van der Waals surface area contributed by atoms with Gasteiger partial charge in [0.2, 0.25) is 0 Å². The zero-order valence-corrected chi connectivity index (χ0v) is 7.80. The fourth-order valence-electron chi connectivity index (χ4n) is 1.69. The number of aryl methyl sites for hydroxylation is 1. The molecule has 0 unspecified atom stereocenters. The summed E-state index contributed by atoms with van der Waals surface area (Å²) in [6.45, 7) is 10.1. The SMILES string of the molecule is C=c1cc(C)c2ccccc2c1=C. The molecule has 0 bridgehead atoms. The van der Waals surface area contributed by atoms with E-state index in [1.54, 1.807) is 0 Å². The first-order chi connectivity index (χ1) is 6.20. The van der Waals surface area contributed by atoms with Gasteiger partial charge < -0.3 is 0 Å². The summed E-state index contributed by atoms with van der Waals surface area (Å²) in [4.78, 5) is 0. The van der Waals surface area contributed by atoms with Crippen LogP contribution < -0.4 is 10.4 Å². The topological polar surface area (TPSA) is 0 Å². The highest BCUT2D eigenvalue weighted by Gasteiger charge is 1.96. The molecule has 0 amide bonds. The predicted molar refractivity (Wildman–Crippen MR) is 59.0 cm³/mol. The molecular weight excluding hydrogens is 156 g/mol. The third-order valence-corrected chi connectivity index (χ3v) is 2.46. The summed E-state index contributed by atoms with van der Waals surface area (Å²) in [6.07, 6.45) is 0. The van der Waals surface area contributed by atoms with Crippen LogP contribution in [0.15, 0.2) is 30.3 Å². The van der Waals surface area contributed by atoms with Crippen molar-refractivity contribution >= 4 is 23.9 Å². The van der Waals surface area contributed by atoms with Crippen molar-refractivity contribution in [3.05, 3.63) is 46.3 Å². The second-order valence-electron chi connectivity index (χ2n) is 3.38. The van der Waals surface area contributed by atoms with E-state index in [1.807, 2.05) is 6.07 Å². The molecule has 2 aromatic rings. The first kappa shape index (κ1) is 8.06. The van der Waals surface area contributed by atoms with E-state index in [2.05, 4.69) is 44.3 Å². The Morgan fingerprint density at radius 2 is 1.62 bits per heavy atom. The zero-order chi connectivity index (χ0) is 9.42. The van der Waals surface area contributed by atoms with Gasteiger partial charge in [0, 0.05) is 0 Å². The van der Waals surface area contributed by atoms with E-state index in [-0.39, 0.29) is 0 Å². The van der Waals surface area contributed by atoms with E-state index in [0.717, 1.165) is 10.4 Å². The van der Waals surface area contributed by atoms with Gasteiger partial charge in [0.05, 0.1) is 0 Å². The molecule has 0 nitrogen and oxygen atoms in total. The molecule has 0 saturated heterocycles. The molecule has 0 radical (unpaired) electrons. The number of rotatable bonds is 0. The van der Waals surface area contributed by atoms with E-state index in [1.165, 1.54) is 16.3 Å². The number of fused-ring (bicyclic) bond motifs is 1. The summed E-state index contributed by atoms with van der Waals surface area (Å²) in [7, 11) is 0. The highest BCUT2D eigenvalue weighted by molar-refractivity contribution is 5.86. The average molecular weight is 168 g/mol. The molecule has 0 heterocycles. The summed E-state index contributed by atoms with van der Waals surface area (Å²) >= 11 is 0. The van der Waals surface area contributed by atoms with Gasteiger partial charge in [-0.1, -0.05) is 43.5 Å². The van der Waals surface area contributed by atoms with E-state index >= 15 is 0 Å². The lowest BCUT2D eigenvalue weighted by Gasteiger charge is -2.02. The first-order valence-electron chi connectivity index (χ1n) is 4.36. The standard InChI is InChI=1S/C13H12/c1-9-8-10(2)12-6-4-5-7-13(12)11(9)3/h4-8H,1,3H2,2H3. The van der Waals surface area contributed by atoms with E-state index < -0.39 is 0 Å². The van der Waals surface area contributed by atoms with Crippen LogP contribution in [0, 0.1) is 6.92 Å². The Kier molecular flexibility index (Phi) is 1.70. The molecule has 0 aliphatic rings. The van der Waals surface area contributed by atoms with Crippen LogP contribution in [0.5, 0.6) is 0 Å². The van der Waals surface area contributed by atoms with Crippen LogP contribution in [0.4, 0.5) is 0 Å². The molecule has 13 heavy (non-hydrogen) atoms. The maximum absolute atomic E-state index is 4.03. The second kappa shape index (κ2) is 2.74. The zero-order valence-electron chi connectivity index (χ0n) is 7.80. The highest BCUT2D eigenvalue weighted by atomic mass is 14.0. The van der Waals surface area contributed by atoms with E-state index in [9.17, 15) is 0 Å². The van der Waals surface area contributed by atoms with Gasteiger partial charge >= 0.3 is 0 Å². The van der Waals surface area contributed by atoms with Crippen LogP contribution in [0.25, 0.3) is 23.9 Å². The van der Waals surface area contributed by atoms with Gasteiger partial charge in [-0.15, -0.1) is 0 Å². The van der Waals surface area contributed by atoms with Crippen molar-refractivity contribution in [3.8, 4) is 0 Å². The summed E-state index contributed by atoms with van der Waals surface area (Å²) in [5.74, 6) is 0. The van der Waals surface area contributed by atoms with Crippen LogP contribution in [0.3, 0.4) is 0 Å². The molecule has 2 rings (SSSR count). The Labute approximate surface area is 77.8 Å². The molecular formula is C13H12. The van der Waals surface area contributed by atoms with Crippen LogP contribution in [-0.4, -0.2) is 0 Å². The number of hydrogen-bond donors (Lipinski definition) is 0. The summed E-state index contributed by atoms with van der Waals surface area (Å²) in [5.41, 5.74) is 1.27. The maximum atomic E-state index is 4.03. The van der Waals surface area contributed by atoms with Crippen LogP contribution in [-0.2, 0) is 0 Å². The van der Waals surface area contributed by atoms with Gasteiger partial charge in [-0.25, -0.2) is 0 Å². The Hall–Kier alpha value is -1.56. The fraction of sp³-hybridized carbons (Fsp3) is 0.0769. The molecule has 0 atom stereocenters. The molecule has 0 heteroatoms. The normalized spacial score (nSPS) is 10.5. The molecule has 0 saturated carbocycles. The molecule has 0 aliphatic heterocycles. The number of benzene rings is 2. The van der Waals surface area contributed by atoms with E-state index in [0.29, 0.717) is 0 Å². The van der Waals surface area contributed by atoms with Gasteiger partial charge in [0.25, 0.3) is 0 Å². The lowest BCUT2D eigenvalue weighted by atomic mass is 10.0. The van der Waals surface area contributed by atoms with Crippen molar-refractivity contribution in [2.75, 3.05) is 0 Å². The predicted octanol–water partition coefficient (Wildman–Crippen LogP) is 1.97. The molecule has 0 aliphatic carbocycles. The molecule has 64 valence electrons. The number of hydrogen-bond acceptors (Lipinski definition) is 0. The van der Waals surface area contributed by atoms with Crippen molar-refractivity contribution in [2.45, 2.75) is 6.92 Å². The molecule has 0 fully saturated rings. The van der Waals surface area contributed by atoms with Crippen LogP contribution >= 0.6 is 0 Å². The van der Waals surface area contributed by atoms with Gasteiger partial charge in [0.1, 0.15) is 0 Å². The van der Waals surface area contributed by atoms with Crippen molar-refractivity contribution in [1.82, 2.24) is 0 Å². The lowest BCUT2D eigenvalue weighted by Crippen LogP contribution is -2.22. The van der Waals surface area contributed by atoms with Gasteiger partial charge in [-0.3, -0.25) is 0 Å².